The lowest BCUT2D eigenvalue weighted by molar-refractivity contribution is -0.150. The van der Waals surface area contributed by atoms with E-state index >= 15 is 0 Å². The first kappa shape index (κ1) is 19.2. The predicted molar refractivity (Wildman–Crippen MR) is 96.0 cm³/mol. The summed E-state index contributed by atoms with van der Waals surface area (Å²) in [6.07, 6.45) is 0. The van der Waals surface area contributed by atoms with Gasteiger partial charge in [-0.25, -0.2) is 4.79 Å². The van der Waals surface area contributed by atoms with Crippen LogP contribution in [0.1, 0.15) is 27.0 Å². The second kappa shape index (κ2) is 8.80. The molecule has 0 radical (unpaired) electrons. The Kier molecular flexibility index (Phi) is 6.49. The number of carbonyl (C=O) groups excluding carboxylic acids is 3. The molecule has 0 aliphatic heterocycles. The van der Waals surface area contributed by atoms with E-state index < -0.39 is 24.4 Å². The molecule has 2 rings (SSSR count). The van der Waals surface area contributed by atoms with E-state index in [1.165, 1.54) is 0 Å². The van der Waals surface area contributed by atoms with Crippen LogP contribution >= 0.6 is 0 Å². The Hall–Kier alpha value is -3.15. The summed E-state index contributed by atoms with van der Waals surface area (Å²) in [5, 5.41) is 2.15. The standard InChI is InChI=1S/C20H21NO5/c1-13-9-14(2)19(15(3)10-13)26-12-18(23)25-11-17(22)21-20(24)16-7-5-4-6-8-16/h4-10H,11-12H2,1-3H3,(H,21,22,24). The number of carbonyl (C=O) groups is 3. The fourth-order valence-corrected chi connectivity index (χ4v) is 2.54. The zero-order valence-corrected chi connectivity index (χ0v) is 15.0. The maximum atomic E-state index is 11.8. The Morgan fingerprint density at radius 1 is 0.923 bits per heavy atom. The fraction of sp³-hybridized carbons (Fsp3) is 0.250. The van der Waals surface area contributed by atoms with Crippen LogP contribution in [0, 0.1) is 20.8 Å². The van der Waals surface area contributed by atoms with Gasteiger partial charge in [0.15, 0.2) is 13.2 Å². The number of esters is 1. The quantitative estimate of drug-likeness (QED) is 0.805. The van der Waals surface area contributed by atoms with Gasteiger partial charge in [-0.05, 0) is 44.0 Å². The highest BCUT2D eigenvalue weighted by Crippen LogP contribution is 2.24. The minimum atomic E-state index is -0.699. The van der Waals surface area contributed by atoms with Gasteiger partial charge < -0.3 is 9.47 Å². The van der Waals surface area contributed by atoms with Crippen LogP contribution in [-0.4, -0.2) is 31.0 Å². The highest BCUT2D eigenvalue weighted by molar-refractivity contribution is 6.05. The first-order chi connectivity index (χ1) is 12.4. The molecule has 0 saturated carbocycles. The molecule has 136 valence electrons. The number of imide groups is 1. The fourth-order valence-electron chi connectivity index (χ4n) is 2.54. The second-order valence-corrected chi connectivity index (χ2v) is 5.92. The molecular formula is C20H21NO5. The van der Waals surface area contributed by atoms with Gasteiger partial charge in [0.1, 0.15) is 5.75 Å². The Balaban J connectivity index is 1.78. The molecule has 0 unspecified atom stereocenters. The Morgan fingerprint density at radius 3 is 2.15 bits per heavy atom. The van der Waals surface area contributed by atoms with Crippen molar-refractivity contribution in [3.8, 4) is 5.75 Å². The Labute approximate surface area is 152 Å². The van der Waals surface area contributed by atoms with Crippen LogP contribution in [-0.2, 0) is 14.3 Å². The Bertz CT molecular complexity index is 791. The average molecular weight is 355 g/mol. The van der Waals surface area contributed by atoms with Crippen LogP contribution in [0.3, 0.4) is 0 Å². The van der Waals surface area contributed by atoms with Crippen molar-refractivity contribution in [2.75, 3.05) is 13.2 Å². The van der Waals surface area contributed by atoms with Crippen molar-refractivity contribution in [1.29, 1.82) is 0 Å². The zero-order chi connectivity index (χ0) is 19.1. The normalized spacial score (nSPS) is 10.1. The van der Waals surface area contributed by atoms with E-state index in [0.717, 1.165) is 16.7 Å². The van der Waals surface area contributed by atoms with E-state index in [2.05, 4.69) is 5.32 Å². The van der Waals surface area contributed by atoms with Crippen LogP contribution in [0.15, 0.2) is 42.5 Å². The summed E-state index contributed by atoms with van der Waals surface area (Å²) in [7, 11) is 0. The number of rotatable bonds is 6. The van der Waals surface area contributed by atoms with Crippen molar-refractivity contribution in [1.82, 2.24) is 5.32 Å². The molecule has 0 aromatic heterocycles. The van der Waals surface area contributed by atoms with Gasteiger partial charge in [0.05, 0.1) is 0 Å². The van der Waals surface area contributed by atoms with E-state index in [4.69, 9.17) is 9.47 Å². The van der Waals surface area contributed by atoms with Crippen molar-refractivity contribution < 1.29 is 23.9 Å². The summed E-state index contributed by atoms with van der Waals surface area (Å²) >= 11 is 0. The van der Waals surface area contributed by atoms with E-state index in [-0.39, 0.29) is 6.61 Å². The maximum absolute atomic E-state index is 11.8. The largest absolute Gasteiger partial charge is 0.481 e. The minimum absolute atomic E-state index is 0.315. The number of hydrogen-bond acceptors (Lipinski definition) is 5. The molecule has 2 aromatic rings. The van der Waals surface area contributed by atoms with Crippen LogP contribution in [0.5, 0.6) is 5.75 Å². The molecule has 0 heterocycles. The van der Waals surface area contributed by atoms with Gasteiger partial charge in [-0.15, -0.1) is 0 Å². The molecule has 0 bridgehead atoms. The molecular weight excluding hydrogens is 334 g/mol. The van der Waals surface area contributed by atoms with Crippen molar-refractivity contribution in [2.45, 2.75) is 20.8 Å². The van der Waals surface area contributed by atoms with Gasteiger partial charge in [0, 0.05) is 5.56 Å². The monoisotopic (exact) mass is 355 g/mol. The van der Waals surface area contributed by atoms with Gasteiger partial charge in [-0.2, -0.15) is 0 Å². The van der Waals surface area contributed by atoms with Crippen molar-refractivity contribution >= 4 is 17.8 Å². The molecule has 0 spiro atoms. The predicted octanol–water partition coefficient (Wildman–Crippen LogP) is 2.49. The van der Waals surface area contributed by atoms with Crippen LogP contribution in [0.4, 0.5) is 0 Å². The first-order valence-corrected chi connectivity index (χ1v) is 8.12. The third kappa shape index (κ3) is 5.44. The summed E-state index contributed by atoms with van der Waals surface area (Å²) in [6.45, 7) is 4.90. The smallest absolute Gasteiger partial charge is 0.344 e. The molecule has 0 saturated heterocycles. The van der Waals surface area contributed by atoms with Gasteiger partial charge in [-0.1, -0.05) is 35.9 Å². The molecule has 1 N–H and O–H groups in total. The SMILES string of the molecule is Cc1cc(C)c(OCC(=O)OCC(=O)NC(=O)c2ccccc2)c(C)c1. The zero-order valence-electron chi connectivity index (χ0n) is 15.0. The van der Waals surface area contributed by atoms with E-state index in [1.54, 1.807) is 30.3 Å². The number of ether oxygens (including phenoxy) is 2. The third-order valence-corrected chi connectivity index (χ3v) is 3.59. The number of aryl methyl sites for hydroxylation is 3. The highest BCUT2D eigenvalue weighted by Gasteiger charge is 2.13. The maximum Gasteiger partial charge on any atom is 0.344 e. The summed E-state index contributed by atoms with van der Waals surface area (Å²) in [4.78, 5) is 35.3. The molecule has 2 amide bonds. The molecule has 2 aromatic carbocycles. The van der Waals surface area contributed by atoms with Crippen LogP contribution in [0.25, 0.3) is 0 Å². The van der Waals surface area contributed by atoms with E-state index in [1.807, 2.05) is 32.9 Å². The van der Waals surface area contributed by atoms with E-state index in [0.29, 0.717) is 11.3 Å². The highest BCUT2D eigenvalue weighted by atomic mass is 16.6. The molecule has 0 aliphatic carbocycles. The number of benzene rings is 2. The van der Waals surface area contributed by atoms with Gasteiger partial charge in [-0.3, -0.25) is 14.9 Å². The number of nitrogens with one attached hydrogen (secondary N) is 1. The second-order valence-electron chi connectivity index (χ2n) is 5.92. The minimum Gasteiger partial charge on any atom is -0.481 e. The summed E-state index contributed by atoms with van der Waals surface area (Å²) in [5.41, 5.74) is 3.29. The Morgan fingerprint density at radius 2 is 1.54 bits per heavy atom. The van der Waals surface area contributed by atoms with Crippen molar-refractivity contribution in [3.05, 3.63) is 64.7 Å². The van der Waals surface area contributed by atoms with Gasteiger partial charge in [0.25, 0.3) is 11.8 Å². The molecule has 6 nitrogen and oxygen atoms in total. The number of hydrogen-bond donors (Lipinski definition) is 1. The van der Waals surface area contributed by atoms with Gasteiger partial charge >= 0.3 is 5.97 Å². The lowest BCUT2D eigenvalue weighted by Gasteiger charge is -2.12. The van der Waals surface area contributed by atoms with Crippen LogP contribution in [0.2, 0.25) is 0 Å². The van der Waals surface area contributed by atoms with Crippen molar-refractivity contribution in [2.24, 2.45) is 0 Å². The van der Waals surface area contributed by atoms with Crippen LogP contribution < -0.4 is 10.1 Å². The molecule has 0 atom stereocenters. The molecule has 26 heavy (non-hydrogen) atoms. The summed E-state index contributed by atoms with van der Waals surface area (Å²) in [5.74, 6) is -1.31. The van der Waals surface area contributed by atoms with Crippen molar-refractivity contribution in [3.63, 3.8) is 0 Å². The molecule has 0 aliphatic rings. The number of amides is 2. The third-order valence-electron chi connectivity index (χ3n) is 3.59. The van der Waals surface area contributed by atoms with Gasteiger partial charge in [0.2, 0.25) is 0 Å². The summed E-state index contributed by atoms with van der Waals surface area (Å²) in [6, 6.07) is 12.2. The summed E-state index contributed by atoms with van der Waals surface area (Å²) < 4.78 is 10.3. The average Bonchev–Trinajstić information content (AvgIpc) is 2.59. The molecule has 0 fully saturated rings. The van der Waals surface area contributed by atoms with E-state index in [9.17, 15) is 14.4 Å². The lowest BCUT2D eigenvalue weighted by atomic mass is 10.1. The first-order valence-electron chi connectivity index (χ1n) is 8.12. The lowest BCUT2D eigenvalue weighted by Crippen LogP contribution is -2.34. The topological polar surface area (TPSA) is 81.7 Å². The molecule has 6 heteroatoms.